The molecule has 2 aromatic rings. The number of ketones is 1. The minimum Gasteiger partial charge on any atom is -0.292 e. The van der Waals surface area contributed by atoms with E-state index in [1.54, 1.807) is 12.1 Å². The molecule has 0 atom stereocenters. The third kappa shape index (κ3) is 3.44. The molecule has 148 valence electrons. The molecule has 0 radical (unpaired) electrons. The molecule has 2 aromatic carbocycles. The number of imide groups is 1. The Morgan fingerprint density at radius 1 is 1.00 bits per heavy atom. The van der Waals surface area contributed by atoms with Crippen molar-refractivity contribution in [3.05, 3.63) is 74.8 Å². The number of nitrogens with zero attached hydrogens (tertiary/aromatic N) is 2. The van der Waals surface area contributed by atoms with Gasteiger partial charge in [0.2, 0.25) is 0 Å². The van der Waals surface area contributed by atoms with E-state index in [2.05, 4.69) is 0 Å². The number of hydrogen-bond donors (Lipinski definition) is 0. The minimum atomic E-state index is -0.801. The van der Waals surface area contributed by atoms with Gasteiger partial charge in [0, 0.05) is 11.6 Å². The highest BCUT2D eigenvalue weighted by Gasteiger charge is 2.41. The minimum absolute atomic E-state index is 0.0374. The summed E-state index contributed by atoms with van der Waals surface area (Å²) < 4.78 is 0. The van der Waals surface area contributed by atoms with Gasteiger partial charge in [0.25, 0.3) is 17.5 Å². The first-order chi connectivity index (χ1) is 14.0. The largest absolute Gasteiger partial charge is 0.292 e. The van der Waals surface area contributed by atoms with E-state index in [0.717, 1.165) is 17.7 Å². The third-order valence-corrected chi connectivity index (χ3v) is 5.78. The van der Waals surface area contributed by atoms with Crippen LogP contribution in [0, 0.1) is 10.1 Å². The van der Waals surface area contributed by atoms with E-state index in [0.29, 0.717) is 11.5 Å². The van der Waals surface area contributed by atoms with E-state index in [9.17, 15) is 24.5 Å². The van der Waals surface area contributed by atoms with Crippen LogP contribution >= 0.6 is 0 Å². The molecule has 29 heavy (non-hydrogen) atoms. The SMILES string of the molecule is O=C(CN1C(=O)c2cccc([N+](=O)[O-])c2C1=O)c1ccc(C2CCCCC2)cc1. The summed E-state index contributed by atoms with van der Waals surface area (Å²) in [5.41, 5.74) is 0.911. The van der Waals surface area contributed by atoms with Gasteiger partial charge in [0.1, 0.15) is 5.56 Å². The average Bonchev–Trinajstić information content (AvgIpc) is 2.99. The zero-order valence-electron chi connectivity index (χ0n) is 15.8. The zero-order valence-corrected chi connectivity index (χ0v) is 15.8. The number of benzene rings is 2. The van der Waals surface area contributed by atoms with Gasteiger partial charge in [-0.25, -0.2) is 0 Å². The van der Waals surface area contributed by atoms with Gasteiger partial charge in [-0.15, -0.1) is 0 Å². The van der Waals surface area contributed by atoms with Crippen LogP contribution in [0.3, 0.4) is 0 Å². The van der Waals surface area contributed by atoms with Crippen LogP contribution in [0.15, 0.2) is 42.5 Å². The van der Waals surface area contributed by atoms with Crippen LogP contribution in [0.5, 0.6) is 0 Å². The Kier molecular flexibility index (Phi) is 4.96. The Morgan fingerprint density at radius 2 is 1.69 bits per heavy atom. The Balaban J connectivity index is 1.51. The topological polar surface area (TPSA) is 97.6 Å². The monoisotopic (exact) mass is 392 g/mol. The lowest BCUT2D eigenvalue weighted by Crippen LogP contribution is -2.35. The molecule has 0 spiro atoms. The van der Waals surface area contributed by atoms with E-state index in [1.807, 2.05) is 12.1 Å². The molecule has 1 aliphatic carbocycles. The molecule has 0 N–H and O–H groups in total. The second-order valence-electron chi connectivity index (χ2n) is 7.53. The van der Waals surface area contributed by atoms with Gasteiger partial charge in [-0.3, -0.25) is 29.4 Å². The molecule has 0 aromatic heterocycles. The van der Waals surface area contributed by atoms with Gasteiger partial charge < -0.3 is 0 Å². The highest BCUT2D eigenvalue weighted by Crippen LogP contribution is 2.33. The van der Waals surface area contributed by atoms with Crippen molar-refractivity contribution in [3.8, 4) is 0 Å². The highest BCUT2D eigenvalue weighted by atomic mass is 16.6. The summed E-state index contributed by atoms with van der Waals surface area (Å²) in [7, 11) is 0. The van der Waals surface area contributed by atoms with Crippen LogP contribution in [0.25, 0.3) is 0 Å². The fourth-order valence-corrected chi connectivity index (χ4v) is 4.22. The van der Waals surface area contributed by atoms with Crippen LogP contribution in [-0.2, 0) is 0 Å². The van der Waals surface area contributed by atoms with Crippen LogP contribution in [0.1, 0.15) is 74.7 Å². The highest BCUT2D eigenvalue weighted by molar-refractivity contribution is 6.24. The molecule has 7 heteroatoms. The van der Waals surface area contributed by atoms with Gasteiger partial charge in [-0.1, -0.05) is 49.6 Å². The van der Waals surface area contributed by atoms with Crippen molar-refractivity contribution in [2.75, 3.05) is 6.54 Å². The quantitative estimate of drug-likeness (QED) is 0.330. The van der Waals surface area contributed by atoms with Crippen molar-refractivity contribution in [2.45, 2.75) is 38.0 Å². The summed E-state index contributed by atoms with van der Waals surface area (Å²) in [5.74, 6) is -1.34. The molecule has 1 aliphatic heterocycles. The first-order valence-corrected chi connectivity index (χ1v) is 9.74. The van der Waals surface area contributed by atoms with Crippen molar-refractivity contribution in [2.24, 2.45) is 0 Å². The normalized spacial score (nSPS) is 16.8. The summed E-state index contributed by atoms with van der Waals surface area (Å²) in [6.07, 6.45) is 6.02. The first-order valence-electron chi connectivity index (χ1n) is 9.74. The molecule has 2 aliphatic rings. The van der Waals surface area contributed by atoms with E-state index in [-0.39, 0.29) is 16.9 Å². The van der Waals surface area contributed by atoms with Gasteiger partial charge in [0.05, 0.1) is 17.0 Å². The van der Waals surface area contributed by atoms with E-state index in [1.165, 1.54) is 43.0 Å². The number of rotatable bonds is 5. The fourth-order valence-electron chi connectivity index (χ4n) is 4.22. The predicted molar refractivity (Wildman–Crippen MR) is 105 cm³/mol. The van der Waals surface area contributed by atoms with E-state index in [4.69, 9.17) is 0 Å². The summed E-state index contributed by atoms with van der Waals surface area (Å²) in [6, 6.07) is 11.2. The molecule has 1 fully saturated rings. The summed E-state index contributed by atoms with van der Waals surface area (Å²) in [5, 5.41) is 11.2. The molecular formula is C22H20N2O5. The third-order valence-electron chi connectivity index (χ3n) is 5.78. The molecule has 2 amide bonds. The lowest BCUT2D eigenvalue weighted by molar-refractivity contribution is -0.385. The van der Waals surface area contributed by atoms with Gasteiger partial charge in [-0.2, -0.15) is 0 Å². The molecule has 1 heterocycles. The summed E-state index contributed by atoms with van der Waals surface area (Å²) >= 11 is 0. The van der Waals surface area contributed by atoms with Crippen molar-refractivity contribution in [3.63, 3.8) is 0 Å². The Morgan fingerprint density at radius 3 is 2.34 bits per heavy atom. The summed E-state index contributed by atoms with van der Waals surface area (Å²) in [6.45, 7) is -0.438. The number of nitro groups is 1. The number of Topliss-reactive ketones (excluding diaryl/α,β-unsaturated/α-hetero) is 1. The van der Waals surface area contributed by atoms with Crippen LogP contribution in [0.4, 0.5) is 5.69 Å². The molecule has 0 saturated heterocycles. The number of hydrogen-bond acceptors (Lipinski definition) is 5. The van der Waals surface area contributed by atoms with E-state index < -0.39 is 29.0 Å². The van der Waals surface area contributed by atoms with Crippen LogP contribution < -0.4 is 0 Å². The van der Waals surface area contributed by atoms with Crippen molar-refractivity contribution >= 4 is 23.3 Å². The van der Waals surface area contributed by atoms with Crippen LogP contribution in [-0.4, -0.2) is 34.0 Å². The maximum Gasteiger partial charge on any atom is 0.282 e. The number of fused-ring (bicyclic) bond motifs is 1. The molecule has 0 unspecified atom stereocenters. The second kappa shape index (κ2) is 7.58. The van der Waals surface area contributed by atoms with Crippen LogP contribution in [0.2, 0.25) is 0 Å². The average molecular weight is 392 g/mol. The standard InChI is InChI=1S/C22H20N2O5/c25-19(16-11-9-15(10-12-16)14-5-2-1-3-6-14)13-23-21(26)17-7-4-8-18(24(28)29)20(17)22(23)27/h4,7-12,14H,1-3,5-6,13H2. The Labute approximate surface area is 167 Å². The van der Waals surface area contributed by atoms with E-state index >= 15 is 0 Å². The number of carbonyl (C=O) groups excluding carboxylic acids is 3. The van der Waals surface area contributed by atoms with Crippen molar-refractivity contribution in [1.82, 2.24) is 4.90 Å². The zero-order chi connectivity index (χ0) is 20.5. The fraction of sp³-hybridized carbons (Fsp3) is 0.318. The maximum absolute atomic E-state index is 12.7. The van der Waals surface area contributed by atoms with Gasteiger partial charge in [0.15, 0.2) is 5.78 Å². The molecule has 4 rings (SSSR count). The Hall–Kier alpha value is -3.35. The molecular weight excluding hydrogens is 372 g/mol. The molecule has 1 saturated carbocycles. The molecule has 7 nitrogen and oxygen atoms in total. The number of nitro benzene ring substituents is 1. The number of amides is 2. The smallest absolute Gasteiger partial charge is 0.282 e. The Bertz CT molecular complexity index is 1010. The summed E-state index contributed by atoms with van der Waals surface area (Å²) in [4.78, 5) is 49.1. The predicted octanol–water partition coefficient (Wildman–Crippen LogP) is 4.12. The first kappa shape index (κ1) is 19.0. The van der Waals surface area contributed by atoms with Crippen molar-refractivity contribution in [1.29, 1.82) is 0 Å². The number of carbonyl (C=O) groups is 3. The molecule has 0 bridgehead atoms. The second-order valence-corrected chi connectivity index (χ2v) is 7.53. The lowest BCUT2D eigenvalue weighted by atomic mass is 9.84. The van der Waals surface area contributed by atoms with Gasteiger partial charge in [-0.05, 0) is 30.4 Å². The lowest BCUT2D eigenvalue weighted by Gasteiger charge is -2.22. The van der Waals surface area contributed by atoms with Gasteiger partial charge >= 0.3 is 0 Å². The maximum atomic E-state index is 12.7. The van der Waals surface area contributed by atoms with Crippen molar-refractivity contribution < 1.29 is 19.3 Å².